The fraction of sp³-hybridized carbons (Fsp3) is 0. The first-order chi connectivity index (χ1) is 26.7. The van der Waals surface area contributed by atoms with Gasteiger partial charge >= 0.3 is 0 Å². The van der Waals surface area contributed by atoms with Crippen molar-refractivity contribution in [2.75, 3.05) is 0 Å². The maximum atomic E-state index is 9.82. The molecule has 0 heterocycles. The number of benzene rings is 10. The van der Waals surface area contributed by atoms with Gasteiger partial charge in [-0.15, -0.1) is 0 Å². The summed E-state index contributed by atoms with van der Waals surface area (Å²) in [5.41, 5.74) is 5.78. The molecule has 0 unspecified atom stereocenters. The minimum absolute atomic E-state index is 0.639. The number of fused-ring (bicyclic) bond motifs is 11. The summed E-state index contributed by atoms with van der Waals surface area (Å²) in [5.74, 6) is 0. The summed E-state index contributed by atoms with van der Waals surface area (Å²) in [4.78, 5) is 0. The summed E-state index contributed by atoms with van der Waals surface area (Å²) in [6, 6.07) is 61.4. The van der Waals surface area contributed by atoms with E-state index in [9.17, 15) is 10.5 Å². The second-order valence-corrected chi connectivity index (χ2v) is 14.6. The molecule has 2 nitrogen and oxygen atoms in total. The highest BCUT2D eigenvalue weighted by Gasteiger charge is 2.26. The molecule has 12 aromatic carbocycles. The van der Waals surface area contributed by atoms with E-state index in [1.54, 1.807) is 0 Å². The van der Waals surface area contributed by atoms with Gasteiger partial charge in [-0.2, -0.15) is 10.5 Å². The molecule has 0 aromatic heterocycles. The molecule has 0 N–H and O–H groups in total. The molecular weight excluding hydrogens is 653 g/mol. The normalized spacial score (nSPS) is 12.0. The topological polar surface area (TPSA) is 47.6 Å². The monoisotopic (exact) mass is 678 g/mol. The quantitative estimate of drug-likeness (QED) is 0.171. The van der Waals surface area contributed by atoms with Crippen LogP contribution < -0.4 is 0 Å². The summed E-state index contributed by atoms with van der Waals surface area (Å²) >= 11 is 0. The predicted octanol–water partition coefficient (Wildman–Crippen LogP) is 14.0. The highest BCUT2D eigenvalue weighted by molar-refractivity contribution is 6.44. The number of nitriles is 2. The Morgan fingerprint density at radius 2 is 0.685 bits per heavy atom. The molecule has 0 fully saturated rings. The molecule has 12 aromatic rings. The highest BCUT2D eigenvalue weighted by atomic mass is 14.3. The van der Waals surface area contributed by atoms with Crippen molar-refractivity contribution in [1.29, 1.82) is 10.5 Å². The van der Waals surface area contributed by atoms with Gasteiger partial charge in [0.2, 0.25) is 0 Å². The lowest BCUT2D eigenvalue weighted by molar-refractivity contribution is 1.48. The van der Waals surface area contributed by atoms with Crippen LogP contribution in [-0.2, 0) is 0 Å². The molecule has 0 spiro atoms. The van der Waals surface area contributed by atoms with Gasteiger partial charge < -0.3 is 0 Å². The van der Waals surface area contributed by atoms with Crippen LogP contribution in [0.5, 0.6) is 0 Å². The first-order valence-electron chi connectivity index (χ1n) is 18.3. The van der Waals surface area contributed by atoms with Crippen LogP contribution in [0.15, 0.2) is 158 Å². The second-order valence-electron chi connectivity index (χ2n) is 14.6. The van der Waals surface area contributed by atoms with Crippen LogP contribution in [-0.4, -0.2) is 0 Å². The van der Waals surface area contributed by atoms with Gasteiger partial charge in [-0.25, -0.2) is 0 Å². The van der Waals surface area contributed by atoms with E-state index < -0.39 is 0 Å². The van der Waals surface area contributed by atoms with E-state index >= 15 is 0 Å². The highest BCUT2D eigenvalue weighted by Crippen LogP contribution is 2.54. The van der Waals surface area contributed by atoms with Gasteiger partial charge in [-0.3, -0.25) is 0 Å². The van der Waals surface area contributed by atoms with E-state index in [4.69, 9.17) is 0 Å². The zero-order valence-corrected chi connectivity index (χ0v) is 28.9. The smallest absolute Gasteiger partial charge is 0.0991 e. The van der Waals surface area contributed by atoms with Crippen molar-refractivity contribution in [3.05, 3.63) is 169 Å². The molecule has 0 aliphatic carbocycles. The molecule has 2 heteroatoms. The Labute approximate surface area is 309 Å². The van der Waals surface area contributed by atoms with Crippen LogP contribution in [0.2, 0.25) is 0 Å². The minimum Gasteiger partial charge on any atom is -0.192 e. The Kier molecular flexibility index (Phi) is 5.67. The van der Waals surface area contributed by atoms with Crippen molar-refractivity contribution >= 4 is 97.0 Å². The van der Waals surface area contributed by atoms with Crippen molar-refractivity contribution in [1.82, 2.24) is 0 Å². The standard InChI is InChI=1S/C52H26N2/c53-27-29-15-19-31(20-16-29)47-44-25-41-39-13-5-11-37-35-9-3-1-7-33(35)23-43(49(37)39)42(41)26-45(44)48(32-21-17-30(28-54)18-22-32)52-46-24-34-8-2-4-10-36(34)38-12-6-14-40(50(38)46)51(47)52/h1-26H. The second kappa shape index (κ2) is 10.5. The van der Waals surface area contributed by atoms with Crippen molar-refractivity contribution in [3.63, 3.8) is 0 Å². The third-order valence-corrected chi connectivity index (χ3v) is 11.9. The molecular formula is C52H26N2. The third kappa shape index (κ3) is 3.71. The molecule has 54 heavy (non-hydrogen) atoms. The van der Waals surface area contributed by atoms with Crippen molar-refractivity contribution in [2.24, 2.45) is 0 Å². The summed E-state index contributed by atoms with van der Waals surface area (Å²) < 4.78 is 0. The van der Waals surface area contributed by atoms with Crippen LogP contribution in [0.3, 0.4) is 0 Å². The first-order valence-corrected chi connectivity index (χ1v) is 18.3. The molecule has 0 aliphatic heterocycles. The van der Waals surface area contributed by atoms with Gasteiger partial charge in [0.15, 0.2) is 0 Å². The maximum absolute atomic E-state index is 9.82. The van der Waals surface area contributed by atoms with E-state index in [0.717, 1.165) is 11.1 Å². The third-order valence-electron chi connectivity index (χ3n) is 11.9. The number of rotatable bonds is 2. The van der Waals surface area contributed by atoms with Gasteiger partial charge in [0, 0.05) is 0 Å². The summed E-state index contributed by atoms with van der Waals surface area (Å²) in [6.07, 6.45) is 0. The summed E-state index contributed by atoms with van der Waals surface area (Å²) in [6.45, 7) is 0. The maximum Gasteiger partial charge on any atom is 0.0991 e. The average molecular weight is 679 g/mol. The van der Waals surface area contributed by atoms with Gasteiger partial charge in [-0.05, 0) is 168 Å². The Morgan fingerprint density at radius 3 is 1.22 bits per heavy atom. The molecule has 0 bridgehead atoms. The van der Waals surface area contributed by atoms with E-state index in [2.05, 4.69) is 146 Å². The Bertz CT molecular complexity index is 3650. The molecule has 0 radical (unpaired) electrons. The Balaban J connectivity index is 1.39. The molecule has 0 saturated carbocycles. The van der Waals surface area contributed by atoms with E-state index in [-0.39, 0.29) is 0 Å². The van der Waals surface area contributed by atoms with Gasteiger partial charge in [0.25, 0.3) is 0 Å². The van der Waals surface area contributed by atoms with Crippen LogP contribution >= 0.6 is 0 Å². The minimum atomic E-state index is 0.639. The number of nitrogens with zero attached hydrogens (tertiary/aromatic N) is 2. The fourth-order valence-corrected chi connectivity index (χ4v) is 9.71. The van der Waals surface area contributed by atoms with Crippen molar-refractivity contribution < 1.29 is 0 Å². The van der Waals surface area contributed by atoms with E-state index in [1.807, 2.05) is 24.3 Å². The van der Waals surface area contributed by atoms with Crippen LogP contribution in [0, 0.1) is 22.7 Å². The fourth-order valence-electron chi connectivity index (χ4n) is 9.71. The first kappa shape index (κ1) is 29.1. The number of hydrogen-bond acceptors (Lipinski definition) is 2. The van der Waals surface area contributed by atoms with Crippen molar-refractivity contribution in [2.45, 2.75) is 0 Å². The lowest BCUT2D eigenvalue weighted by Gasteiger charge is -2.17. The van der Waals surface area contributed by atoms with Crippen LogP contribution in [0.1, 0.15) is 11.1 Å². The molecule has 12 rings (SSSR count). The van der Waals surface area contributed by atoms with E-state index in [1.165, 1.54) is 108 Å². The summed E-state index contributed by atoms with van der Waals surface area (Å²) in [7, 11) is 0. The van der Waals surface area contributed by atoms with Gasteiger partial charge in [0.05, 0.1) is 23.3 Å². The summed E-state index contributed by atoms with van der Waals surface area (Å²) in [5, 5.41) is 41.8. The molecule has 0 aliphatic rings. The SMILES string of the molecule is N#Cc1ccc(-c2c3cc4c(cc3c(-c3ccc(C#N)cc3)c3c5cc6ccccc6c6cccc(c23)c65)c2cc3ccccc3c3cccc4c32)cc1. The lowest BCUT2D eigenvalue weighted by atomic mass is 9.85. The predicted molar refractivity (Wildman–Crippen MR) is 227 cm³/mol. The van der Waals surface area contributed by atoms with Gasteiger partial charge in [-0.1, -0.05) is 109 Å². The Morgan fingerprint density at radius 1 is 0.278 bits per heavy atom. The lowest BCUT2D eigenvalue weighted by Crippen LogP contribution is -1.90. The molecule has 0 atom stereocenters. The number of hydrogen-bond donors (Lipinski definition) is 0. The molecule has 0 amide bonds. The Hall–Kier alpha value is -7.52. The van der Waals surface area contributed by atoms with Crippen molar-refractivity contribution in [3.8, 4) is 34.4 Å². The zero-order chi connectivity index (χ0) is 35.7. The average Bonchev–Trinajstić information content (AvgIpc) is 3.72. The van der Waals surface area contributed by atoms with Crippen LogP contribution in [0.25, 0.3) is 119 Å². The zero-order valence-electron chi connectivity index (χ0n) is 28.9. The molecule has 0 saturated heterocycles. The van der Waals surface area contributed by atoms with Crippen LogP contribution in [0.4, 0.5) is 0 Å². The molecule has 244 valence electrons. The largest absolute Gasteiger partial charge is 0.192 e. The van der Waals surface area contributed by atoms with E-state index in [0.29, 0.717) is 11.1 Å². The van der Waals surface area contributed by atoms with Gasteiger partial charge in [0.1, 0.15) is 0 Å².